The van der Waals surface area contributed by atoms with Crippen LogP contribution in [-0.4, -0.2) is 37.1 Å². The van der Waals surface area contributed by atoms with Crippen molar-refractivity contribution in [3.63, 3.8) is 0 Å². The van der Waals surface area contributed by atoms with Gasteiger partial charge < -0.3 is 20.3 Å². The first-order valence-corrected chi connectivity index (χ1v) is 7.49. The molecule has 1 aromatic carbocycles. The van der Waals surface area contributed by atoms with E-state index in [9.17, 15) is 18.0 Å². The molecule has 2 aliphatic heterocycles. The van der Waals surface area contributed by atoms with E-state index in [4.69, 9.17) is 4.74 Å². The fourth-order valence-electron chi connectivity index (χ4n) is 3.25. The summed E-state index contributed by atoms with van der Waals surface area (Å²) in [5, 5.41) is 6.14. The van der Waals surface area contributed by atoms with Crippen molar-refractivity contribution in [2.75, 3.05) is 23.3 Å². The Morgan fingerprint density at radius 2 is 1.96 bits per heavy atom. The number of piperidine rings is 1. The number of hydrogen-bond acceptors (Lipinski definition) is 5. The maximum atomic E-state index is 12.6. The fourth-order valence-corrected chi connectivity index (χ4v) is 3.25. The maximum Gasteiger partial charge on any atom is 0.491 e. The smallest absolute Gasteiger partial charge is 0.414 e. The standard InChI is InChI=1S/C15H18F3N3O2/c1-14(23-13(22)15(16,17)18)20-11-4-2-3-5-12(11)21(14)10-6-8-19-9-7-10/h2-5,10,19-20H,6-9H2,1H3. The molecule has 0 radical (unpaired) electrons. The van der Waals surface area contributed by atoms with Crippen molar-refractivity contribution >= 4 is 17.3 Å². The van der Waals surface area contributed by atoms with Gasteiger partial charge in [-0.25, -0.2) is 4.79 Å². The molecule has 0 saturated carbocycles. The second-order valence-electron chi connectivity index (χ2n) is 5.86. The van der Waals surface area contributed by atoms with E-state index in [1.54, 1.807) is 17.0 Å². The predicted octanol–water partition coefficient (Wildman–Crippen LogP) is 2.45. The second kappa shape index (κ2) is 5.59. The van der Waals surface area contributed by atoms with Crippen LogP contribution >= 0.6 is 0 Å². The molecule has 2 N–H and O–H groups in total. The van der Waals surface area contributed by atoms with E-state index in [0.717, 1.165) is 31.6 Å². The van der Waals surface area contributed by atoms with Gasteiger partial charge in [-0.3, -0.25) is 0 Å². The SMILES string of the molecule is CC1(OC(=O)C(F)(F)F)Nc2ccccc2N1C1CCNCC1. The summed E-state index contributed by atoms with van der Waals surface area (Å²) in [5.41, 5.74) is 1.40. The molecule has 0 aromatic heterocycles. The summed E-state index contributed by atoms with van der Waals surface area (Å²) in [5.74, 6) is -3.75. The molecule has 5 nitrogen and oxygen atoms in total. The molecule has 1 saturated heterocycles. The van der Waals surface area contributed by atoms with Crippen LogP contribution in [0.25, 0.3) is 0 Å². The molecule has 2 aliphatic rings. The van der Waals surface area contributed by atoms with Crippen LogP contribution in [0, 0.1) is 0 Å². The van der Waals surface area contributed by atoms with Crippen LogP contribution in [0.4, 0.5) is 24.5 Å². The second-order valence-corrected chi connectivity index (χ2v) is 5.86. The van der Waals surface area contributed by atoms with Crippen LogP contribution in [0.5, 0.6) is 0 Å². The third kappa shape index (κ3) is 2.95. The number of alkyl halides is 3. The quantitative estimate of drug-likeness (QED) is 0.817. The average molecular weight is 329 g/mol. The van der Waals surface area contributed by atoms with E-state index in [1.807, 2.05) is 12.1 Å². The normalized spacial score (nSPS) is 25.0. The number of rotatable bonds is 2. The minimum Gasteiger partial charge on any atom is -0.414 e. The first-order valence-electron chi connectivity index (χ1n) is 7.49. The van der Waals surface area contributed by atoms with Crippen LogP contribution in [0.15, 0.2) is 24.3 Å². The molecule has 0 amide bonds. The molecule has 8 heteroatoms. The Balaban J connectivity index is 1.93. The van der Waals surface area contributed by atoms with E-state index in [0.29, 0.717) is 5.69 Å². The highest BCUT2D eigenvalue weighted by Crippen LogP contribution is 2.43. The minimum atomic E-state index is -5.03. The van der Waals surface area contributed by atoms with Crippen molar-refractivity contribution < 1.29 is 22.7 Å². The summed E-state index contributed by atoms with van der Waals surface area (Å²) >= 11 is 0. The Bertz CT molecular complexity index is 602. The maximum absolute atomic E-state index is 12.6. The summed E-state index contributed by atoms with van der Waals surface area (Å²) in [6.45, 7) is 3.00. The number of fused-ring (bicyclic) bond motifs is 1. The molecule has 1 fully saturated rings. The number of para-hydroxylation sites is 2. The number of anilines is 2. The number of hydrogen-bond donors (Lipinski definition) is 2. The van der Waals surface area contributed by atoms with Crippen molar-refractivity contribution in [1.29, 1.82) is 0 Å². The zero-order valence-corrected chi connectivity index (χ0v) is 12.6. The number of carbonyl (C=O) groups excluding carboxylic acids is 1. The lowest BCUT2D eigenvalue weighted by Gasteiger charge is -2.42. The Hall–Kier alpha value is -1.96. The molecule has 1 aromatic rings. The predicted molar refractivity (Wildman–Crippen MR) is 79.0 cm³/mol. The topological polar surface area (TPSA) is 53.6 Å². The highest BCUT2D eigenvalue weighted by molar-refractivity contribution is 5.81. The molecule has 1 atom stereocenters. The number of nitrogens with zero attached hydrogens (tertiary/aromatic N) is 1. The first kappa shape index (κ1) is 15.9. The highest BCUT2D eigenvalue weighted by atomic mass is 19.4. The Morgan fingerprint density at radius 1 is 1.30 bits per heavy atom. The van der Waals surface area contributed by atoms with Gasteiger partial charge in [0.1, 0.15) is 0 Å². The van der Waals surface area contributed by atoms with Gasteiger partial charge in [0, 0.05) is 13.0 Å². The molecule has 2 heterocycles. The lowest BCUT2D eigenvalue weighted by molar-refractivity contribution is -0.210. The van der Waals surface area contributed by atoms with Crippen molar-refractivity contribution in [2.24, 2.45) is 0 Å². The Kier molecular flexibility index (Phi) is 3.87. The van der Waals surface area contributed by atoms with Gasteiger partial charge in [0.2, 0.25) is 0 Å². The molecular weight excluding hydrogens is 311 g/mol. The number of halogens is 3. The largest absolute Gasteiger partial charge is 0.491 e. The average Bonchev–Trinajstić information content (AvgIpc) is 2.78. The van der Waals surface area contributed by atoms with Gasteiger partial charge in [-0.15, -0.1) is 0 Å². The molecule has 126 valence electrons. The molecule has 23 heavy (non-hydrogen) atoms. The molecule has 0 aliphatic carbocycles. The van der Waals surface area contributed by atoms with Gasteiger partial charge >= 0.3 is 12.1 Å². The lowest BCUT2D eigenvalue weighted by Crippen LogP contribution is -2.58. The number of nitrogens with one attached hydrogen (secondary N) is 2. The summed E-state index contributed by atoms with van der Waals surface area (Å²) in [7, 11) is 0. The lowest BCUT2D eigenvalue weighted by atomic mass is 10.0. The van der Waals surface area contributed by atoms with E-state index >= 15 is 0 Å². The van der Waals surface area contributed by atoms with Gasteiger partial charge in [-0.1, -0.05) is 12.1 Å². The van der Waals surface area contributed by atoms with Gasteiger partial charge in [-0.2, -0.15) is 13.2 Å². The molecule has 1 unspecified atom stereocenters. The first-order chi connectivity index (χ1) is 10.8. The van der Waals surface area contributed by atoms with E-state index in [1.165, 1.54) is 6.92 Å². The monoisotopic (exact) mass is 329 g/mol. The Labute approximate surface area is 131 Å². The van der Waals surface area contributed by atoms with Crippen molar-refractivity contribution in [3.8, 4) is 0 Å². The third-order valence-electron chi connectivity index (χ3n) is 4.19. The van der Waals surface area contributed by atoms with Crippen molar-refractivity contribution in [3.05, 3.63) is 24.3 Å². The molecular formula is C15H18F3N3O2. The van der Waals surface area contributed by atoms with E-state index in [-0.39, 0.29) is 6.04 Å². The van der Waals surface area contributed by atoms with E-state index in [2.05, 4.69) is 10.6 Å². The van der Waals surface area contributed by atoms with Crippen LogP contribution in [0.3, 0.4) is 0 Å². The van der Waals surface area contributed by atoms with Gasteiger partial charge in [0.05, 0.1) is 11.4 Å². The number of benzene rings is 1. The number of esters is 1. The van der Waals surface area contributed by atoms with Gasteiger partial charge in [0.15, 0.2) is 0 Å². The molecule has 0 spiro atoms. The third-order valence-corrected chi connectivity index (χ3v) is 4.19. The molecule has 3 rings (SSSR count). The fraction of sp³-hybridized carbons (Fsp3) is 0.533. The van der Waals surface area contributed by atoms with Crippen LogP contribution < -0.4 is 15.5 Å². The van der Waals surface area contributed by atoms with Crippen LogP contribution in [0.1, 0.15) is 19.8 Å². The Morgan fingerprint density at radius 3 is 2.61 bits per heavy atom. The van der Waals surface area contributed by atoms with Crippen LogP contribution in [-0.2, 0) is 9.53 Å². The summed E-state index contributed by atoms with van der Waals surface area (Å²) < 4.78 is 42.8. The van der Waals surface area contributed by atoms with E-state index < -0.39 is 18.0 Å². The highest BCUT2D eigenvalue weighted by Gasteiger charge is 2.51. The summed E-state index contributed by atoms with van der Waals surface area (Å²) in [4.78, 5) is 13.1. The van der Waals surface area contributed by atoms with Crippen molar-refractivity contribution in [1.82, 2.24) is 5.32 Å². The number of ether oxygens (including phenoxy) is 1. The van der Waals surface area contributed by atoms with Crippen LogP contribution in [0.2, 0.25) is 0 Å². The van der Waals surface area contributed by atoms with Gasteiger partial charge in [0.25, 0.3) is 5.85 Å². The number of carbonyl (C=O) groups is 1. The zero-order chi connectivity index (χ0) is 16.7. The summed E-state index contributed by atoms with van der Waals surface area (Å²) in [6.07, 6.45) is -3.51. The minimum absolute atomic E-state index is 0.0153. The zero-order valence-electron chi connectivity index (χ0n) is 12.6. The van der Waals surface area contributed by atoms with Gasteiger partial charge in [-0.05, 0) is 38.1 Å². The summed E-state index contributed by atoms with van der Waals surface area (Å²) in [6, 6.07) is 7.15. The molecule has 0 bridgehead atoms. The van der Waals surface area contributed by atoms with Crippen molar-refractivity contribution in [2.45, 2.75) is 37.8 Å².